The lowest BCUT2D eigenvalue weighted by atomic mass is 9.90. The van der Waals surface area contributed by atoms with Crippen LogP contribution in [-0.2, 0) is 4.79 Å². The van der Waals surface area contributed by atoms with Crippen LogP contribution in [0.2, 0.25) is 0 Å². The highest BCUT2D eigenvalue weighted by molar-refractivity contribution is 5.81. The molecule has 0 aromatic heterocycles. The first-order chi connectivity index (χ1) is 7.36. The van der Waals surface area contributed by atoms with Gasteiger partial charge in [-0.1, -0.05) is 30.3 Å². The van der Waals surface area contributed by atoms with Gasteiger partial charge in [0.15, 0.2) is 0 Å². The van der Waals surface area contributed by atoms with E-state index in [0.717, 1.165) is 6.54 Å². The van der Waals surface area contributed by atoms with Crippen molar-refractivity contribution in [1.29, 1.82) is 0 Å². The molecule has 2 fully saturated rings. The van der Waals surface area contributed by atoms with Crippen molar-refractivity contribution < 1.29 is 4.79 Å². The summed E-state index contributed by atoms with van der Waals surface area (Å²) < 4.78 is 0. The molecule has 0 bridgehead atoms. The van der Waals surface area contributed by atoms with Crippen LogP contribution in [0.5, 0.6) is 0 Å². The Hall–Kier alpha value is -1.31. The summed E-state index contributed by atoms with van der Waals surface area (Å²) in [4.78, 5) is 13.8. The molecule has 0 unspecified atom stereocenters. The molecule has 1 amide bonds. The van der Waals surface area contributed by atoms with Gasteiger partial charge >= 0.3 is 0 Å². The molecule has 0 saturated carbocycles. The monoisotopic (exact) mass is 201 g/mol. The van der Waals surface area contributed by atoms with E-state index in [1.807, 2.05) is 6.07 Å². The standard InChI is InChI=1S/C13H15NO/c15-13-9-11(10-5-2-1-3-6-10)12-7-4-8-14(12)13/h1-3,5-6,11-12H,4,7-9H2/t11-,12-/m0/s1. The van der Waals surface area contributed by atoms with Crippen LogP contribution in [0.4, 0.5) is 0 Å². The van der Waals surface area contributed by atoms with Crippen molar-refractivity contribution in [3.05, 3.63) is 35.9 Å². The normalized spacial score (nSPS) is 29.6. The van der Waals surface area contributed by atoms with Crippen molar-refractivity contribution >= 4 is 5.91 Å². The molecule has 15 heavy (non-hydrogen) atoms. The lowest BCUT2D eigenvalue weighted by Crippen LogP contribution is -2.28. The lowest BCUT2D eigenvalue weighted by molar-refractivity contribution is -0.127. The quantitative estimate of drug-likeness (QED) is 0.682. The Morgan fingerprint density at radius 3 is 2.80 bits per heavy atom. The number of carbonyl (C=O) groups excluding carboxylic acids is 1. The predicted molar refractivity (Wildman–Crippen MR) is 58.5 cm³/mol. The Bertz CT molecular complexity index is 373. The topological polar surface area (TPSA) is 20.3 Å². The van der Waals surface area contributed by atoms with Gasteiger partial charge in [0.1, 0.15) is 0 Å². The molecule has 0 radical (unpaired) electrons. The van der Waals surface area contributed by atoms with Gasteiger partial charge in [0.25, 0.3) is 0 Å². The summed E-state index contributed by atoms with van der Waals surface area (Å²) in [5.74, 6) is 0.799. The second-order valence-corrected chi connectivity index (χ2v) is 4.52. The molecular weight excluding hydrogens is 186 g/mol. The summed E-state index contributed by atoms with van der Waals surface area (Å²) in [6.07, 6.45) is 3.08. The van der Waals surface area contributed by atoms with Crippen molar-refractivity contribution in [1.82, 2.24) is 4.90 Å². The summed E-state index contributed by atoms with van der Waals surface area (Å²) in [7, 11) is 0. The number of rotatable bonds is 1. The maximum atomic E-state index is 11.8. The first-order valence-electron chi connectivity index (χ1n) is 5.70. The molecule has 0 N–H and O–H groups in total. The van der Waals surface area contributed by atoms with Crippen LogP contribution >= 0.6 is 0 Å². The molecule has 1 aromatic rings. The van der Waals surface area contributed by atoms with Crippen LogP contribution in [0.25, 0.3) is 0 Å². The zero-order valence-corrected chi connectivity index (χ0v) is 8.73. The van der Waals surface area contributed by atoms with Crippen LogP contribution in [0.15, 0.2) is 30.3 Å². The summed E-state index contributed by atoms with van der Waals surface area (Å²) in [6, 6.07) is 11.0. The minimum absolute atomic E-state index is 0.353. The van der Waals surface area contributed by atoms with E-state index in [9.17, 15) is 4.79 Å². The average molecular weight is 201 g/mol. The van der Waals surface area contributed by atoms with Gasteiger partial charge in [-0.15, -0.1) is 0 Å². The second kappa shape index (κ2) is 3.37. The van der Waals surface area contributed by atoms with E-state index in [0.29, 0.717) is 24.3 Å². The fourth-order valence-electron chi connectivity index (χ4n) is 3.00. The average Bonchev–Trinajstić information content (AvgIpc) is 2.84. The Morgan fingerprint density at radius 2 is 2.00 bits per heavy atom. The zero-order chi connectivity index (χ0) is 10.3. The van der Waals surface area contributed by atoms with Gasteiger partial charge < -0.3 is 4.90 Å². The molecule has 78 valence electrons. The third-order valence-corrected chi connectivity index (χ3v) is 3.71. The first kappa shape index (κ1) is 8.96. The largest absolute Gasteiger partial charge is 0.339 e. The first-order valence-corrected chi connectivity index (χ1v) is 5.70. The van der Waals surface area contributed by atoms with Crippen LogP contribution in [0, 0.1) is 0 Å². The minimum Gasteiger partial charge on any atom is -0.339 e. The molecule has 0 spiro atoms. The Kier molecular flexibility index (Phi) is 2.01. The SMILES string of the molecule is O=C1C[C@@H](c2ccccc2)[C@@H]2CCCN12. The van der Waals surface area contributed by atoms with Gasteiger partial charge in [-0.25, -0.2) is 0 Å². The molecule has 2 atom stereocenters. The van der Waals surface area contributed by atoms with E-state index in [4.69, 9.17) is 0 Å². The molecule has 2 aliphatic rings. The highest BCUT2D eigenvalue weighted by Gasteiger charge is 2.42. The maximum Gasteiger partial charge on any atom is 0.223 e. The van der Waals surface area contributed by atoms with Crippen LogP contribution in [-0.4, -0.2) is 23.4 Å². The van der Waals surface area contributed by atoms with Gasteiger partial charge in [-0.05, 0) is 18.4 Å². The third kappa shape index (κ3) is 1.36. The number of carbonyl (C=O) groups is 1. The number of amides is 1. The van der Waals surface area contributed by atoms with Gasteiger partial charge in [-0.3, -0.25) is 4.79 Å². The fourth-order valence-corrected chi connectivity index (χ4v) is 3.00. The Balaban J connectivity index is 1.92. The minimum atomic E-state index is 0.353. The van der Waals surface area contributed by atoms with Crippen LogP contribution in [0.3, 0.4) is 0 Å². The van der Waals surface area contributed by atoms with E-state index in [2.05, 4.69) is 29.2 Å². The van der Waals surface area contributed by atoms with Crippen molar-refractivity contribution in [2.24, 2.45) is 0 Å². The molecule has 1 aromatic carbocycles. The number of nitrogens with zero attached hydrogens (tertiary/aromatic N) is 1. The Labute approximate surface area is 89.9 Å². The molecular formula is C13H15NO. The van der Waals surface area contributed by atoms with Crippen LogP contribution in [0.1, 0.15) is 30.7 Å². The molecule has 2 aliphatic heterocycles. The number of hydrogen-bond donors (Lipinski definition) is 0. The molecule has 3 rings (SSSR count). The van der Waals surface area contributed by atoms with E-state index in [1.165, 1.54) is 18.4 Å². The number of benzene rings is 1. The summed E-state index contributed by atoms with van der Waals surface area (Å²) in [5, 5.41) is 0. The van der Waals surface area contributed by atoms with E-state index in [1.54, 1.807) is 0 Å². The van der Waals surface area contributed by atoms with Gasteiger partial charge in [0.2, 0.25) is 5.91 Å². The van der Waals surface area contributed by atoms with E-state index < -0.39 is 0 Å². The maximum absolute atomic E-state index is 11.8. The number of fused-ring (bicyclic) bond motifs is 1. The fraction of sp³-hybridized carbons (Fsp3) is 0.462. The van der Waals surface area contributed by atoms with Crippen molar-refractivity contribution in [2.75, 3.05) is 6.54 Å². The van der Waals surface area contributed by atoms with Gasteiger partial charge in [0, 0.05) is 24.9 Å². The van der Waals surface area contributed by atoms with Crippen LogP contribution < -0.4 is 0 Å². The van der Waals surface area contributed by atoms with E-state index >= 15 is 0 Å². The molecule has 2 saturated heterocycles. The van der Waals surface area contributed by atoms with Crippen molar-refractivity contribution in [2.45, 2.75) is 31.2 Å². The smallest absolute Gasteiger partial charge is 0.223 e. The highest BCUT2D eigenvalue weighted by atomic mass is 16.2. The number of hydrogen-bond acceptors (Lipinski definition) is 1. The van der Waals surface area contributed by atoms with E-state index in [-0.39, 0.29) is 0 Å². The van der Waals surface area contributed by atoms with Gasteiger partial charge in [-0.2, -0.15) is 0 Å². The molecule has 2 nitrogen and oxygen atoms in total. The highest BCUT2D eigenvalue weighted by Crippen LogP contribution is 2.39. The third-order valence-electron chi connectivity index (χ3n) is 3.71. The summed E-state index contributed by atoms with van der Waals surface area (Å²) in [6.45, 7) is 0.979. The Morgan fingerprint density at radius 1 is 1.20 bits per heavy atom. The van der Waals surface area contributed by atoms with Crippen molar-refractivity contribution in [3.63, 3.8) is 0 Å². The molecule has 0 aliphatic carbocycles. The van der Waals surface area contributed by atoms with Gasteiger partial charge in [0.05, 0.1) is 0 Å². The molecule has 2 heteroatoms. The van der Waals surface area contributed by atoms with Crippen molar-refractivity contribution in [3.8, 4) is 0 Å². The summed E-state index contributed by atoms with van der Waals surface area (Å²) >= 11 is 0. The summed E-state index contributed by atoms with van der Waals surface area (Å²) in [5.41, 5.74) is 1.33. The second-order valence-electron chi connectivity index (χ2n) is 4.52. The zero-order valence-electron chi connectivity index (χ0n) is 8.73. The lowest BCUT2D eigenvalue weighted by Gasteiger charge is -2.20. The molecule has 2 heterocycles. The predicted octanol–water partition coefficient (Wildman–Crippen LogP) is 2.16.